The molecule has 0 fully saturated rings. The summed E-state index contributed by atoms with van der Waals surface area (Å²) in [4.78, 5) is 4.38. The van der Waals surface area contributed by atoms with Gasteiger partial charge in [0.25, 0.3) is 0 Å². The molecular formula is C10H7I2N2+. The third-order valence-electron chi connectivity index (χ3n) is 1.81. The van der Waals surface area contributed by atoms with Crippen LogP contribution in [0.5, 0.6) is 0 Å². The van der Waals surface area contributed by atoms with E-state index in [1.165, 1.54) is 3.57 Å². The van der Waals surface area contributed by atoms with Gasteiger partial charge in [0.05, 0.1) is 0 Å². The molecule has 2 aromatic heterocycles. The van der Waals surface area contributed by atoms with Gasteiger partial charge in [-0.1, -0.05) is 0 Å². The Morgan fingerprint density at radius 1 is 1.14 bits per heavy atom. The van der Waals surface area contributed by atoms with Crippen molar-refractivity contribution in [3.63, 3.8) is 0 Å². The molecule has 4 heteroatoms. The molecule has 0 unspecified atom stereocenters. The average molecular weight is 409 g/mol. The van der Waals surface area contributed by atoms with Crippen molar-refractivity contribution in [1.29, 1.82) is 0 Å². The maximum absolute atomic E-state index is 4.38. The molecule has 2 nitrogen and oxygen atoms in total. The lowest BCUT2D eigenvalue weighted by atomic mass is 10.2. The quantitative estimate of drug-likeness (QED) is 0.663. The number of hydrogen-bond acceptors (Lipinski definition) is 1. The maximum Gasteiger partial charge on any atom is 0.354 e. The van der Waals surface area contributed by atoms with Gasteiger partial charge in [-0.15, -0.1) is 2.78 Å². The predicted octanol–water partition coefficient (Wildman–Crippen LogP) is 2.84. The number of pyridine rings is 2. The van der Waals surface area contributed by atoms with E-state index in [9.17, 15) is 0 Å². The molecule has 0 N–H and O–H groups in total. The summed E-state index contributed by atoms with van der Waals surface area (Å²) in [5.74, 6) is 0. The van der Waals surface area contributed by atoms with E-state index in [0.717, 1.165) is 11.4 Å². The Hall–Kier alpha value is -0.240. The molecule has 0 bridgehead atoms. The van der Waals surface area contributed by atoms with Crippen LogP contribution in [0, 0.1) is 3.57 Å². The van der Waals surface area contributed by atoms with Gasteiger partial charge in [-0.05, 0) is 40.8 Å². The Bertz CT molecular complexity index is 414. The average Bonchev–Trinajstić information content (AvgIpc) is 2.20. The Morgan fingerprint density at radius 2 is 2.00 bits per heavy atom. The van der Waals surface area contributed by atoms with Crippen molar-refractivity contribution in [1.82, 2.24) is 4.98 Å². The van der Waals surface area contributed by atoms with Crippen molar-refractivity contribution in [2.24, 2.45) is 0 Å². The van der Waals surface area contributed by atoms with Crippen molar-refractivity contribution in [2.45, 2.75) is 0 Å². The van der Waals surface area contributed by atoms with Crippen LogP contribution in [-0.2, 0) is 0 Å². The zero-order chi connectivity index (χ0) is 9.97. The van der Waals surface area contributed by atoms with Gasteiger partial charge in [-0.2, -0.15) is 0 Å². The summed E-state index contributed by atoms with van der Waals surface area (Å²) in [5, 5.41) is 0. The van der Waals surface area contributed by atoms with Gasteiger partial charge >= 0.3 is 22.9 Å². The maximum atomic E-state index is 4.38. The Balaban J connectivity index is 2.61. The first-order valence-electron chi connectivity index (χ1n) is 4.07. The lowest BCUT2D eigenvalue weighted by Gasteiger charge is -1.98. The third kappa shape index (κ3) is 2.05. The first-order valence-corrected chi connectivity index (χ1v) is 6.11. The molecule has 0 spiro atoms. The summed E-state index contributed by atoms with van der Waals surface area (Å²) < 4.78 is 3.21. The highest BCUT2D eigenvalue weighted by molar-refractivity contribution is 14.1. The van der Waals surface area contributed by atoms with Crippen LogP contribution in [-0.4, -0.2) is 4.98 Å². The van der Waals surface area contributed by atoms with Crippen LogP contribution >= 0.6 is 45.5 Å². The zero-order valence-corrected chi connectivity index (χ0v) is 11.5. The molecule has 0 amide bonds. The van der Waals surface area contributed by atoms with Gasteiger partial charge in [-0.3, -0.25) is 0 Å². The summed E-state index contributed by atoms with van der Waals surface area (Å²) in [7, 11) is 0. The van der Waals surface area contributed by atoms with Gasteiger partial charge in [0.1, 0.15) is 5.69 Å². The number of rotatable bonds is 1. The number of nitrogens with zero attached hydrogens (tertiary/aromatic N) is 2. The van der Waals surface area contributed by atoms with Crippen molar-refractivity contribution in [2.75, 3.05) is 0 Å². The predicted molar refractivity (Wildman–Crippen MR) is 72.0 cm³/mol. The molecule has 14 heavy (non-hydrogen) atoms. The smallest absolute Gasteiger partial charge is 0.249 e. The van der Waals surface area contributed by atoms with Crippen molar-refractivity contribution in [3.8, 4) is 11.4 Å². The second-order valence-electron chi connectivity index (χ2n) is 2.73. The van der Waals surface area contributed by atoms with Gasteiger partial charge in [-0.25, -0.2) is 4.98 Å². The van der Waals surface area contributed by atoms with Crippen LogP contribution in [0.1, 0.15) is 0 Å². The molecule has 0 saturated carbocycles. The molecule has 0 aromatic carbocycles. The fourth-order valence-electron chi connectivity index (χ4n) is 1.18. The Morgan fingerprint density at radius 3 is 2.71 bits per heavy atom. The van der Waals surface area contributed by atoms with Gasteiger partial charge in [0.2, 0.25) is 5.69 Å². The molecule has 0 aliphatic rings. The van der Waals surface area contributed by atoms with E-state index in [4.69, 9.17) is 0 Å². The molecule has 2 rings (SSSR count). The molecule has 0 aliphatic heterocycles. The number of hydrogen-bond donors (Lipinski definition) is 0. The minimum Gasteiger partial charge on any atom is -0.249 e. The fourth-order valence-corrected chi connectivity index (χ4v) is 2.38. The van der Waals surface area contributed by atoms with E-state index < -0.39 is 0 Å². The highest BCUT2D eigenvalue weighted by Gasteiger charge is 2.13. The van der Waals surface area contributed by atoms with E-state index in [-0.39, 0.29) is 0 Å². The van der Waals surface area contributed by atoms with E-state index in [0.29, 0.717) is 0 Å². The van der Waals surface area contributed by atoms with Crippen LogP contribution in [0.25, 0.3) is 11.4 Å². The highest BCUT2D eigenvalue weighted by Crippen LogP contribution is 2.19. The summed E-state index contributed by atoms with van der Waals surface area (Å²) in [5.41, 5.74) is 2.15. The topological polar surface area (TPSA) is 16.8 Å². The molecule has 0 radical (unpaired) electrons. The van der Waals surface area contributed by atoms with Gasteiger partial charge in [0, 0.05) is 21.9 Å². The van der Waals surface area contributed by atoms with Gasteiger partial charge in [0.15, 0.2) is 6.20 Å². The standard InChI is InChI=1S/C10H7I2N2/c11-8-4-3-6-13-10(8)9-5-1-2-7-14(9)12/h1-7H/q+1. The first kappa shape index (κ1) is 10.3. The summed E-state index contributed by atoms with van der Waals surface area (Å²) in [6, 6.07) is 10.1. The first-order chi connectivity index (χ1) is 6.79. The zero-order valence-electron chi connectivity index (χ0n) is 7.19. The van der Waals surface area contributed by atoms with Crippen LogP contribution in [0.2, 0.25) is 0 Å². The number of aromatic nitrogens is 2. The summed E-state index contributed by atoms with van der Waals surface area (Å²) >= 11 is 4.56. The highest BCUT2D eigenvalue weighted by atomic mass is 127. The fraction of sp³-hybridized carbons (Fsp3) is 0. The monoisotopic (exact) mass is 409 g/mol. The molecule has 0 saturated heterocycles. The van der Waals surface area contributed by atoms with E-state index >= 15 is 0 Å². The Labute approximate surface area is 110 Å². The Kier molecular flexibility index (Phi) is 3.32. The van der Waals surface area contributed by atoms with Crippen LogP contribution in [0.3, 0.4) is 0 Å². The van der Waals surface area contributed by atoms with Crippen LogP contribution < -0.4 is 2.78 Å². The molecule has 0 aliphatic carbocycles. The second-order valence-corrected chi connectivity index (χ2v) is 4.93. The summed E-state index contributed by atoms with van der Waals surface area (Å²) in [6.07, 6.45) is 3.84. The normalized spacial score (nSPS) is 10.1. The second kappa shape index (κ2) is 4.52. The van der Waals surface area contributed by atoms with Crippen LogP contribution in [0.15, 0.2) is 42.7 Å². The molecule has 0 atom stereocenters. The minimum absolute atomic E-state index is 1.03. The summed E-state index contributed by atoms with van der Waals surface area (Å²) in [6.45, 7) is 0. The lowest BCUT2D eigenvalue weighted by molar-refractivity contribution is -0.427. The molecule has 2 heterocycles. The number of halogens is 2. The van der Waals surface area contributed by atoms with Crippen molar-refractivity contribution >= 4 is 45.5 Å². The van der Waals surface area contributed by atoms with Crippen molar-refractivity contribution in [3.05, 3.63) is 46.3 Å². The van der Waals surface area contributed by atoms with Crippen molar-refractivity contribution < 1.29 is 2.78 Å². The van der Waals surface area contributed by atoms with E-state index in [1.54, 1.807) is 0 Å². The minimum atomic E-state index is 1.03. The van der Waals surface area contributed by atoms with Crippen LogP contribution in [0.4, 0.5) is 0 Å². The SMILES string of the molecule is Ic1cccnc1-c1cccc[n+]1I. The van der Waals surface area contributed by atoms with Gasteiger partial charge < -0.3 is 0 Å². The molecule has 2 aromatic rings. The molecule has 70 valence electrons. The largest absolute Gasteiger partial charge is 0.354 e. The lowest BCUT2D eigenvalue weighted by Crippen LogP contribution is -2.22. The van der Waals surface area contributed by atoms with E-state index in [1.807, 2.05) is 33.4 Å². The van der Waals surface area contributed by atoms with E-state index in [2.05, 4.69) is 62.6 Å². The third-order valence-corrected chi connectivity index (χ3v) is 3.53. The molecular weight excluding hydrogens is 402 g/mol.